The van der Waals surface area contributed by atoms with Crippen LogP contribution < -0.4 is 10.2 Å². The van der Waals surface area contributed by atoms with Gasteiger partial charge in [0.1, 0.15) is 5.75 Å². The maximum atomic E-state index is 12.2. The van der Waals surface area contributed by atoms with Crippen molar-refractivity contribution in [2.24, 2.45) is 0 Å². The zero-order chi connectivity index (χ0) is 14.1. The molecule has 1 N–H and O–H groups in total. The lowest BCUT2D eigenvalue weighted by molar-refractivity contribution is 0.415. The van der Waals surface area contributed by atoms with E-state index in [2.05, 4.69) is 9.97 Å². The first-order chi connectivity index (χ1) is 9.67. The molecule has 20 heavy (non-hydrogen) atoms. The average molecular weight is 266 g/mol. The Kier molecular flexibility index (Phi) is 2.99. The largest absolute Gasteiger partial charge is 0.497 e. The van der Waals surface area contributed by atoms with Gasteiger partial charge >= 0.3 is 0 Å². The van der Waals surface area contributed by atoms with Crippen LogP contribution in [0.15, 0.2) is 47.3 Å². The van der Waals surface area contributed by atoms with Crippen LogP contribution in [0, 0.1) is 6.92 Å². The van der Waals surface area contributed by atoms with E-state index >= 15 is 0 Å². The van der Waals surface area contributed by atoms with Gasteiger partial charge in [0.25, 0.3) is 0 Å². The van der Waals surface area contributed by atoms with Crippen LogP contribution in [0.2, 0.25) is 0 Å². The molecule has 0 bridgehead atoms. The molecular formula is C16H14N2O2. The SMILES string of the molecule is COc1ccc2c(=O)cc(-c3cccc(C)n3)[nH]c2c1. The number of methoxy groups -OCH3 is 1. The summed E-state index contributed by atoms with van der Waals surface area (Å²) in [6.07, 6.45) is 0. The van der Waals surface area contributed by atoms with Crippen LogP contribution in [0.4, 0.5) is 0 Å². The van der Waals surface area contributed by atoms with Crippen LogP contribution in [0.1, 0.15) is 5.69 Å². The minimum Gasteiger partial charge on any atom is -0.497 e. The molecule has 4 heteroatoms. The topological polar surface area (TPSA) is 55.0 Å². The van der Waals surface area contributed by atoms with E-state index in [4.69, 9.17) is 4.74 Å². The number of fused-ring (bicyclic) bond motifs is 1. The fraction of sp³-hybridized carbons (Fsp3) is 0.125. The Balaban J connectivity index is 2.25. The molecule has 0 fully saturated rings. The minimum absolute atomic E-state index is 0.0280. The van der Waals surface area contributed by atoms with E-state index in [9.17, 15) is 4.79 Å². The van der Waals surface area contributed by atoms with Crippen LogP contribution in [0.3, 0.4) is 0 Å². The first-order valence-corrected chi connectivity index (χ1v) is 6.32. The Hall–Kier alpha value is -2.62. The molecular weight excluding hydrogens is 252 g/mol. The summed E-state index contributed by atoms with van der Waals surface area (Å²) < 4.78 is 5.19. The van der Waals surface area contributed by atoms with E-state index in [0.717, 1.165) is 16.9 Å². The number of ether oxygens (including phenoxy) is 1. The highest BCUT2D eigenvalue weighted by molar-refractivity contribution is 5.82. The van der Waals surface area contributed by atoms with Crippen LogP contribution in [0.5, 0.6) is 5.75 Å². The van der Waals surface area contributed by atoms with Crippen molar-refractivity contribution in [2.45, 2.75) is 6.92 Å². The first kappa shape index (κ1) is 12.4. The molecule has 100 valence electrons. The zero-order valence-corrected chi connectivity index (χ0v) is 11.3. The predicted octanol–water partition coefficient (Wildman–Crippen LogP) is 2.91. The second-order valence-electron chi connectivity index (χ2n) is 4.62. The molecule has 3 rings (SSSR count). The van der Waals surface area contributed by atoms with E-state index in [1.807, 2.05) is 31.2 Å². The van der Waals surface area contributed by atoms with Crippen molar-refractivity contribution in [1.29, 1.82) is 0 Å². The Morgan fingerprint density at radius 2 is 2.00 bits per heavy atom. The van der Waals surface area contributed by atoms with Crippen LogP contribution >= 0.6 is 0 Å². The third-order valence-electron chi connectivity index (χ3n) is 3.20. The summed E-state index contributed by atoms with van der Waals surface area (Å²) in [7, 11) is 1.60. The quantitative estimate of drug-likeness (QED) is 0.776. The van der Waals surface area contributed by atoms with E-state index in [1.54, 1.807) is 25.3 Å². The summed E-state index contributed by atoms with van der Waals surface area (Å²) in [5.41, 5.74) is 3.09. The monoisotopic (exact) mass is 266 g/mol. The lowest BCUT2D eigenvalue weighted by Gasteiger charge is -2.06. The number of benzene rings is 1. The summed E-state index contributed by atoms with van der Waals surface area (Å²) in [5.74, 6) is 0.711. The van der Waals surface area contributed by atoms with Crippen molar-refractivity contribution in [3.05, 3.63) is 58.4 Å². The molecule has 0 aliphatic heterocycles. The van der Waals surface area contributed by atoms with Gasteiger partial charge in [-0.1, -0.05) is 6.07 Å². The smallest absolute Gasteiger partial charge is 0.190 e. The Morgan fingerprint density at radius 1 is 1.15 bits per heavy atom. The third kappa shape index (κ3) is 2.16. The number of hydrogen-bond donors (Lipinski definition) is 1. The molecule has 0 saturated heterocycles. The van der Waals surface area contributed by atoms with Crippen LogP contribution in [0.25, 0.3) is 22.3 Å². The molecule has 0 unspecified atom stereocenters. The van der Waals surface area contributed by atoms with Gasteiger partial charge in [0.2, 0.25) is 0 Å². The molecule has 2 aromatic heterocycles. The lowest BCUT2D eigenvalue weighted by atomic mass is 10.1. The number of aromatic amines is 1. The molecule has 0 amide bonds. The van der Waals surface area contributed by atoms with Gasteiger partial charge in [-0.05, 0) is 31.2 Å². The summed E-state index contributed by atoms with van der Waals surface area (Å²) in [4.78, 5) is 19.8. The maximum Gasteiger partial charge on any atom is 0.190 e. The molecule has 0 aliphatic carbocycles. The van der Waals surface area contributed by atoms with Crippen molar-refractivity contribution < 1.29 is 4.74 Å². The minimum atomic E-state index is -0.0280. The normalized spacial score (nSPS) is 10.7. The predicted molar refractivity (Wildman–Crippen MR) is 79.1 cm³/mol. The fourth-order valence-electron chi connectivity index (χ4n) is 2.19. The van der Waals surface area contributed by atoms with Crippen molar-refractivity contribution in [3.8, 4) is 17.1 Å². The summed E-state index contributed by atoms with van der Waals surface area (Å²) in [6.45, 7) is 1.92. The van der Waals surface area contributed by atoms with Crippen LogP contribution in [-0.2, 0) is 0 Å². The van der Waals surface area contributed by atoms with Gasteiger partial charge in [0, 0.05) is 23.2 Å². The average Bonchev–Trinajstić information content (AvgIpc) is 2.46. The van der Waals surface area contributed by atoms with E-state index < -0.39 is 0 Å². The molecule has 2 heterocycles. The number of aromatic nitrogens is 2. The number of H-pyrrole nitrogens is 1. The molecule has 0 aliphatic rings. The summed E-state index contributed by atoms with van der Waals surface area (Å²) >= 11 is 0. The van der Waals surface area contributed by atoms with Gasteiger partial charge < -0.3 is 9.72 Å². The Morgan fingerprint density at radius 3 is 2.75 bits per heavy atom. The Labute approximate surface area is 116 Å². The van der Waals surface area contributed by atoms with Gasteiger partial charge in [-0.25, -0.2) is 0 Å². The van der Waals surface area contributed by atoms with Crippen molar-refractivity contribution >= 4 is 10.9 Å². The van der Waals surface area contributed by atoms with E-state index in [1.165, 1.54) is 0 Å². The number of pyridine rings is 2. The maximum absolute atomic E-state index is 12.2. The van der Waals surface area contributed by atoms with E-state index in [0.29, 0.717) is 16.8 Å². The number of aryl methyl sites for hydroxylation is 1. The van der Waals surface area contributed by atoms with E-state index in [-0.39, 0.29) is 5.43 Å². The highest BCUT2D eigenvalue weighted by Gasteiger charge is 2.06. The number of rotatable bonds is 2. The van der Waals surface area contributed by atoms with Gasteiger partial charge in [-0.15, -0.1) is 0 Å². The molecule has 0 atom stereocenters. The van der Waals surface area contributed by atoms with Crippen molar-refractivity contribution in [2.75, 3.05) is 7.11 Å². The second-order valence-corrected chi connectivity index (χ2v) is 4.62. The molecule has 3 aromatic rings. The van der Waals surface area contributed by atoms with Gasteiger partial charge in [0.15, 0.2) is 5.43 Å². The summed E-state index contributed by atoms with van der Waals surface area (Å²) in [6, 6.07) is 12.7. The number of nitrogens with zero attached hydrogens (tertiary/aromatic N) is 1. The summed E-state index contributed by atoms with van der Waals surface area (Å²) in [5, 5.41) is 0.641. The van der Waals surface area contributed by atoms with Crippen LogP contribution in [-0.4, -0.2) is 17.1 Å². The third-order valence-corrected chi connectivity index (χ3v) is 3.20. The van der Waals surface area contributed by atoms with Gasteiger partial charge in [-0.2, -0.15) is 0 Å². The highest BCUT2D eigenvalue weighted by Crippen LogP contribution is 2.20. The molecule has 1 aromatic carbocycles. The molecule has 0 radical (unpaired) electrons. The zero-order valence-electron chi connectivity index (χ0n) is 11.3. The lowest BCUT2D eigenvalue weighted by Crippen LogP contribution is -2.04. The highest BCUT2D eigenvalue weighted by atomic mass is 16.5. The van der Waals surface area contributed by atoms with Gasteiger partial charge in [-0.3, -0.25) is 9.78 Å². The second kappa shape index (κ2) is 4.81. The Bertz CT molecular complexity index is 837. The first-order valence-electron chi connectivity index (χ1n) is 6.32. The van der Waals surface area contributed by atoms with Gasteiger partial charge in [0.05, 0.1) is 24.0 Å². The molecule has 0 spiro atoms. The number of nitrogens with one attached hydrogen (secondary N) is 1. The standard InChI is InChI=1S/C16H14N2O2/c1-10-4-3-5-13(17-10)15-9-16(19)12-7-6-11(20-2)8-14(12)18-15/h3-9H,1-2H3,(H,18,19). The van der Waals surface area contributed by atoms with Crippen molar-refractivity contribution in [1.82, 2.24) is 9.97 Å². The molecule has 0 saturated carbocycles. The van der Waals surface area contributed by atoms with Crippen molar-refractivity contribution in [3.63, 3.8) is 0 Å². The fourth-order valence-corrected chi connectivity index (χ4v) is 2.19. The number of hydrogen-bond acceptors (Lipinski definition) is 3. The molecule has 4 nitrogen and oxygen atoms in total.